The van der Waals surface area contributed by atoms with Gasteiger partial charge in [0.15, 0.2) is 0 Å². The van der Waals surface area contributed by atoms with E-state index in [-0.39, 0.29) is 18.2 Å². The van der Waals surface area contributed by atoms with Crippen molar-refractivity contribution in [3.05, 3.63) is 23.6 Å². The molecule has 0 radical (unpaired) electrons. The molecular formula is C15H19ClN4O2. The molecule has 1 N–H and O–H groups in total. The molecule has 0 bridgehead atoms. The van der Waals surface area contributed by atoms with E-state index in [0.29, 0.717) is 5.15 Å². The van der Waals surface area contributed by atoms with Crippen molar-refractivity contribution >= 4 is 28.6 Å². The summed E-state index contributed by atoms with van der Waals surface area (Å²) in [6.45, 7) is 5.55. The van der Waals surface area contributed by atoms with E-state index in [1.54, 1.807) is 12.4 Å². The second kappa shape index (κ2) is 5.43. The quantitative estimate of drug-likeness (QED) is 0.861. The third kappa shape index (κ3) is 3.16. The molecule has 1 saturated carbocycles. The number of carbonyl (C=O) groups excluding carboxylic acids is 1. The van der Waals surface area contributed by atoms with Crippen LogP contribution in [0.4, 0.5) is 4.79 Å². The highest BCUT2D eigenvalue weighted by Crippen LogP contribution is 2.34. The van der Waals surface area contributed by atoms with Crippen LogP contribution in [0.3, 0.4) is 0 Å². The number of fused-ring (bicyclic) bond motifs is 1. The summed E-state index contributed by atoms with van der Waals surface area (Å²) in [6.07, 6.45) is 4.80. The average molecular weight is 323 g/mol. The van der Waals surface area contributed by atoms with Crippen LogP contribution >= 0.6 is 11.6 Å². The van der Waals surface area contributed by atoms with Crippen LogP contribution in [0.15, 0.2) is 18.5 Å². The van der Waals surface area contributed by atoms with Crippen molar-refractivity contribution in [1.82, 2.24) is 20.1 Å². The molecule has 22 heavy (non-hydrogen) atoms. The molecule has 2 aromatic heterocycles. The molecular weight excluding hydrogens is 304 g/mol. The van der Waals surface area contributed by atoms with Crippen LogP contribution in [-0.4, -0.2) is 32.5 Å². The van der Waals surface area contributed by atoms with Crippen LogP contribution in [0.2, 0.25) is 5.15 Å². The van der Waals surface area contributed by atoms with Gasteiger partial charge in [0, 0.05) is 23.7 Å². The number of amides is 1. The lowest BCUT2D eigenvalue weighted by Gasteiger charge is -2.36. The zero-order valence-electron chi connectivity index (χ0n) is 12.8. The summed E-state index contributed by atoms with van der Waals surface area (Å²) in [5.41, 5.74) is 0.496. The average Bonchev–Trinajstić information content (AvgIpc) is 2.73. The number of nitrogens with one attached hydrogen (secondary N) is 1. The Morgan fingerprint density at radius 1 is 1.41 bits per heavy atom. The van der Waals surface area contributed by atoms with Gasteiger partial charge in [-0.1, -0.05) is 11.6 Å². The highest BCUT2D eigenvalue weighted by Gasteiger charge is 2.34. The van der Waals surface area contributed by atoms with Crippen molar-refractivity contribution in [1.29, 1.82) is 0 Å². The number of carbonyl (C=O) groups is 1. The van der Waals surface area contributed by atoms with E-state index in [1.165, 1.54) is 0 Å². The summed E-state index contributed by atoms with van der Waals surface area (Å²) < 4.78 is 7.21. The normalized spacial score (nSPS) is 21.5. The highest BCUT2D eigenvalue weighted by atomic mass is 35.5. The van der Waals surface area contributed by atoms with E-state index >= 15 is 0 Å². The number of aromatic nitrogens is 3. The lowest BCUT2D eigenvalue weighted by atomic mass is 9.87. The van der Waals surface area contributed by atoms with Gasteiger partial charge in [0.1, 0.15) is 10.8 Å². The fourth-order valence-corrected chi connectivity index (χ4v) is 2.74. The second-order valence-electron chi connectivity index (χ2n) is 6.62. The SMILES string of the molecule is CC(C)(C)OC(=O)NC1CC(n2ncc3cnc(Cl)cc32)C1. The molecule has 0 aliphatic heterocycles. The Labute approximate surface area is 133 Å². The Morgan fingerprint density at radius 2 is 2.14 bits per heavy atom. The Hall–Kier alpha value is -1.82. The standard InChI is InChI=1S/C15H19ClN4O2/c1-15(2,3)22-14(21)19-10-4-11(5-10)20-12-6-13(16)17-7-9(12)8-18-20/h6-8,10-11H,4-5H2,1-3H3,(H,19,21). The van der Waals surface area contributed by atoms with Crippen LogP contribution in [0.25, 0.3) is 10.9 Å². The first-order valence-electron chi connectivity index (χ1n) is 7.30. The molecule has 7 heteroatoms. The maximum atomic E-state index is 11.7. The predicted molar refractivity (Wildman–Crippen MR) is 84.0 cm³/mol. The third-order valence-electron chi connectivity index (χ3n) is 3.63. The maximum Gasteiger partial charge on any atom is 0.407 e. The summed E-state index contributed by atoms with van der Waals surface area (Å²) in [5, 5.41) is 8.71. The number of ether oxygens (including phenoxy) is 1. The van der Waals surface area contributed by atoms with E-state index < -0.39 is 5.60 Å². The molecule has 2 heterocycles. The first-order chi connectivity index (χ1) is 10.3. The molecule has 1 fully saturated rings. The monoisotopic (exact) mass is 322 g/mol. The number of alkyl carbamates (subject to hydrolysis) is 1. The minimum Gasteiger partial charge on any atom is -0.444 e. The lowest BCUT2D eigenvalue weighted by molar-refractivity contribution is 0.0454. The summed E-state index contributed by atoms with van der Waals surface area (Å²) in [4.78, 5) is 15.8. The predicted octanol–water partition coefficient (Wildman–Crippen LogP) is 3.31. The van der Waals surface area contributed by atoms with Crippen LogP contribution < -0.4 is 5.32 Å². The first kappa shape index (κ1) is 15.1. The molecule has 0 saturated heterocycles. The molecule has 1 amide bonds. The molecule has 0 spiro atoms. The summed E-state index contributed by atoms with van der Waals surface area (Å²) >= 11 is 5.95. The molecule has 118 valence electrons. The van der Waals surface area contributed by atoms with Crippen molar-refractivity contribution in [2.45, 2.75) is 51.3 Å². The highest BCUT2D eigenvalue weighted by molar-refractivity contribution is 6.29. The lowest BCUT2D eigenvalue weighted by Crippen LogP contribution is -2.46. The van der Waals surface area contributed by atoms with Gasteiger partial charge in [-0.25, -0.2) is 9.78 Å². The molecule has 1 aliphatic carbocycles. The minimum absolute atomic E-state index is 0.122. The van der Waals surface area contributed by atoms with Gasteiger partial charge < -0.3 is 10.1 Å². The summed E-state index contributed by atoms with van der Waals surface area (Å²) in [7, 11) is 0. The van der Waals surface area contributed by atoms with Crippen LogP contribution in [-0.2, 0) is 4.74 Å². The Bertz CT molecular complexity index is 701. The molecule has 3 rings (SSSR count). The number of hydrogen-bond acceptors (Lipinski definition) is 4. The van der Waals surface area contributed by atoms with Gasteiger partial charge >= 0.3 is 6.09 Å². The van der Waals surface area contributed by atoms with E-state index in [2.05, 4.69) is 15.4 Å². The number of rotatable bonds is 2. The first-order valence-corrected chi connectivity index (χ1v) is 7.68. The Morgan fingerprint density at radius 3 is 2.82 bits per heavy atom. The number of hydrogen-bond donors (Lipinski definition) is 1. The third-order valence-corrected chi connectivity index (χ3v) is 3.83. The van der Waals surface area contributed by atoms with Crippen LogP contribution in [0, 0.1) is 0 Å². The molecule has 1 aliphatic rings. The molecule has 0 aromatic carbocycles. The second-order valence-corrected chi connectivity index (χ2v) is 7.01. The number of nitrogens with zero attached hydrogens (tertiary/aromatic N) is 3. The topological polar surface area (TPSA) is 69.0 Å². The van der Waals surface area contributed by atoms with Crippen LogP contribution in [0.1, 0.15) is 39.7 Å². The zero-order valence-corrected chi connectivity index (χ0v) is 13.6. The van der Waals surface area contributed by atoms with Crippen molar-refractivity contribution in [2.24, 2.45) is 0 Å². The van der Waals surface area contributed by atoms with E-state index in [9.17, 15) is 4.79 Å². The van der Waals surface area contributed by atoms with Gasteiger partial charge in [0.2, 0.25) is 0 Å². The fourth-order valence-electron chi connectivity index (χ4n) is 2.59. The van der Waals surface area contributed by atoms with E-state index in [1.807, 2.05) is 31.5 Å². The smallest absolute Gasteiger partial charge is 0.407 e. The maximum absolute atomic E-state index is 11.7. The molecule has 2 aromatic rings. The minimum atomic E-state index is -0.477. The van der Waals surface area contributed by atoms with E-state index in [0.717, 1.165) is 23.7 Å². The van der Waals surface area contributed by atoms with Gasteiger partial charge in [-0.2, -0.15) is 5.10 Å². The zero-order chi connectivity index (χ0) is 15.9. The number of pyridine rings is 1. The number of halogens is 1. The van der Waals surface area contributed by atoms with Crippen molar-refractivity contribution in [3.8, 4) is 0 Å². The summed E-state index contributed by atoms with van der Waals surface area (Å²) in [6, 6.07) is 2.20. The van der Waals surface area contributed by atoms with E-state index in [4.69, 9.17) is 16.3 Å². The summed E-state index contributed by atoms with van der Waals surface area (Å²) in [5.74, 6) is 0. The largest absolute Gasteiger partial charge is 0.444 e. The Balaban J connectivity index is 1.61. The van der Waals surface area contributed by atoms with Crippen LogP contribution in [0.5, 0.6) is 0 Å². The van der Waals surface area contributed by atoms with Gasteiger partial charge in [-0.15, -0.1) is 0 Å². The Kier molecular flexibility index (Phi) is 3.72. The molecule has 0 atom stereocenters. The molecule has 6 nitrogen and oxygen atoms in total. The van der Waals surface area contributed by atoms with Crippen molar-refractivity contribution < 1.29 is 9.53 Å². The fraction of sp³-hybridized carbons (Fsp3) is 0.533. The van der Waals surface area contributed by atoms with Gasteiger partial charge in [-0.05, 0) is 33.6 Å². The van der Waals surface area contributed by atoms with Gasteiger partial charge in [-0.3, -0.25) is 4.68 Å². The van der Waals surface area contributed by atoms with Gasteiger partial charge in [0.05, 0.1) is 17.8 Å². The van der Waals surface area contributed by atoms with Gasteiger partial charge in [0.25, 0.3) is 0 Å². The van der Waals surface area contributed by atoms with Crippen molar-refractivity contribution in [3.63, 3.8) is 0 Å². The molecule has 0 unspecified atom stereocenters. The van der Waals surface area contributed by atoms with Crippen molar-refractivity contribution in [2.75, 3.05) is 0 Å².